The average Bonchev–Trinajstić information content (AvgIpc) is 2.40. The van der Waals surface area contributed by atoms with Gasteiger partial charge in [0.1, 0.15) is 5.75 Å². The first kappa shape index (κ1) is 15.2. The van der Waals surface area contributed by atoms with Crippen LogP contribution < -0.4 is 10.1 Å². The largest absolute Gasteiger partial charge is 0.573 e. The van der Waals surface area contributed by atoms with E-state index in [1.165, 1.54) is 44.2 Å². The Hall–Kier alpha value is -1.23. The van der Waals surface area contributed by atoms with Gasteiger partial charge < -0.3 is 10.1 Å². The highest BCUT2D eigenvalue weighted by Crippen LogP contribution is 2.23. The fraction of sp³-hybridized carbons (Fsp3) is 0.600. The molecule has 112 valence electrons. The van der Waals surface area contributed by atoms with E-state index in [0.29, 0.717) is 6.04 Å². The summed E-state index contributed by atoms with van der Waals surface area (Å²) in [7, 11) is 0. The summed E-state index contributed by atoms with van der Waals surface area (Å²) in [6, 6.07) is 6.71. The van der Waals surface area contributed by atoms with Crippen molar-refractivity contribution >= 4 is 0 Å². The van der Waals surface area contributed by atoms with E-state index in [1.54, 1.807) is 12.1 Å². The van der Waals surface area contributed by atoms with Gasteiger partial charge in [-0.15, -0.1) is 13.2 Å². The fourth-order valence-corrected chi connectivity index (χ4v) is 2.59. The maximum absolute atomic E-state index is 12.0. The molecule has 1 aliphatic rings. The Bertz CT molecular complexity index is 397. The molecule has 0 unspecified atom stereocenters. The molecule has 2 rings (SSSR count). The monoisotopic (exact) mass is 287 g/mol. The molecule has 20 heavy (non-hydrogen) atoms. The van der Waals surface area contributed by atoms with Gasteiger partial charge in [-0.1, -0.05) is 31.4 Å². The highest BCUT2D eigenvalue weighted by Gasteiger charge is 2.30. The van der Waals surface area contributed by atoms with Crippen LogP contribution in [0.3, 0.4) is 0 Å². The Morgan fingerprint density at radius 1 is 1.05 bits per heavy atom. The SMILES string of the molecule is FC(F)(F)Oc1ccc(CCNC2CCCCC2)cc1. The van der Waals surface area contributed by atoms with E-state index >= 15 is 0 Å². The third kappa shape index (κ3) is 5.41. The van der Waals surface area contributed by atoms with Crippen LogP contribution in [0.4, 0.5) is 13.2 Å². The highest BCUT2D eigenvalue weighted by atomic mass is 19.4. The Morgan fingerprint density at radius 2 is 1.70 bits per heavy atom. The predicted molar refractivity (Wildman–Crippen MR) is 71.7 cm³/mol. The van der Waals surface area contributed by atoms with Crippen LogP contribution in [-0.4, -0.2) is 18.9 Å². The lowest BCUT2D eigenvalue weighted by molar-refractivity contribution is -0.274. The molecule has 0 radical (unpaired) electrons. The lowest BCUT2D eigenvalue weighted by atomic mass is 9.95. The summed E-state index contributed by atoms with van der Waals surface area (Å²) in [6.07, 6.45) is 2.59. The Morgan fingerprint density at radius 3 is 2.30 bits per heavy atom. The van der Waals surface area contributed by atoms with Crippen LogP contribution in [0.5, 0.6) is 5.75 Å². The molecular formula is C15H20F3NO. The highest BCUT2D eigenvalue weighted by molar-refractivity contribution is 5.27. The van der Waals surface area contributed by atoms with Gasteiger partial charge in [-0.2, -0.15) is 0 Å². The standard InChI is InChI=1S/C15H20F3NO/c16-15(17,18)20-14-8-6-12(7-9-14)10-11-19-13-4-2-1-3-5-13/h6-9,13,19H,1-5,10-11H2. The van der Waals surface area contributed by atoms with Gasteiger partial charge in [-0.25, -0.2) is 0 Å². The number of alkyl halides is 3. The van der Waals surface area contributed by atoms with Crippen molar-refractivity contribution in [2.45, 2.75) is 50.9 Å². The predicted octanol–water partition coefficient (Wildman–Crippen LogP) is 4.05. The van der Waals surface area contributed by atoms with Crippen LogP contribution in [0, 0.1) is 0 Å². The lowest BCUT2D eigenvalue weighted by Gasteiger charge is -2.22. The summed E-state index contributed by atoms with van der Waals surface area (Å²) in [5.41, 5.74) is 1.02. The molecule has 1 N–H and O–H groups in total. The van der Waals surface area contributed by atoms with Crippen molar-refractivity contribution in [2.24, 2.45) is 0 Å². The first-order valence-electron chi connectivity index (χ1n) is 7.11. The summed E-state index contributed by atoms with van der Waals surface area (Å²) < 4.78 is 39.9. The first-order chi connectivity index (χ1) is 9.53. The quantitative estimate of drug-likeness (QED) is 0.882. The molecular weight excluding hydrogens is 267 g/mol. The van der Waals surface area contributed by atoms with Gasteiger partial charge >= 0.3 is 6.36 Å². The summed E-state index contributed by atoms with van der Waals surface area (Å²) in [4.78, 5) is 0. The zero-order chi connectivity index (χ0) is 14.4. The van der Waals surface area contributed by atoms with Gasteiger partial charge in [0.25, 0.3) is 0 Å². The number of hydrogen-bond acceptors (Lipinski definition) is 2. The van der Waals surface area contributed by atoms with Crippen LogP contribution in [0.2, 0.25) is 0 Å². The van der Waals surface area contributed by atoms with E-state index in [1.807, 2.05) is 0 Å². The molecule has 1 saturated carbocycles. The van der Waals surface area contributed by atoms with E-state index in [0.717, 1.165) is 18.5 Å². The number of halogens is 3. The molecule has 0 atom stereocenters. The summed E-state index contributed by atoms with van der Waals surface area (Å²) >= 11 is 0. The van der Waals surface area contributed by atoms with Crippen molar-refractivity contribution in [1.29, 1.82) is 0 Å². The minimum Gasteiger partial charge on any atom is -0.406 e. The number of nitrogens with one attached hydrogen (secondary N) is 1. The molecule has 0 amide bonds. The maximum Gasteiger partial charge on any atom is 0.573 e. The van der Waals surface area contributed by atoms with Gasteiger partial charge in [0.2, 0.25) is 0 Å². The van der Waals surface area contributed by atoms with Crippen molar-refractivity contribution < 1.29 is 17.9 Å². The van der Waals surface area contributed by atoms with E-state index in [4.69, 9.17) is 0 Å². The lowest BCUT2D eigenvalue weighted by Crippen LogP contribution is -2.32. The Kier molecular flexibility index (Phi) is 5.29. The minimum atomic E-state index is -4.62. The van der Waals surface area contributed by atoms with Crippen LogP contribution in [0.25, 0.3) is 0 Å². The Labute approximate surface area is 117 Å². The average molecular weight is 287 g/mol. The number of rotatable bonds is 5. The summed E-state index contributed by atoms with van der Waals surface area (Å²) in [5.74, 6) is -0.165. The molecule has 0 heterocycles. The molecule has 2 nitrogen and oxygen atoms in total. The van der Waals surface area contributed by atoms with Crippen LogP contribution in [-0.2, 0) is 6.42 Å². The molecule has 1 aromatic rings. The molecule has 1 fully saturated rings. The van der Waals surface area contributed by atoms with E-state index in [2.05, 4.69) is 10.1 Å². The summed E-state index contributed by atoms with van der Waals surface area (Å²) in [5, 5.41) is 3.51. The number of benzene rings is 1. The van der Waals surface area contributed by atoms with Crippen molar-refractivity contribution in [3.63, 3.8) is 0 Å². The molecule has 0 spiro atoms. The molecule has 0 aromatic heterocycles. The third-order valence-electron chi connectivity index (χ3n) is 3.61. The second kappa shape index (κ2) is 6.97. The molecule has 5 heteroatoms. The molecule has 0 bridgehead atoms. The van der Waals surface area contributed by atoms with Gasteiger partial charge in [-0.05, 0) is 43.5 Å². The zero-order valence-electron chi connectivity index (χ0n) is 11.4. The van der Waals surface area contributed by atoms with Crippen LogP contribution in [0.1, 0.15) is 37.7 Å². The molecule has 0 aliphatic heterocycles. The van der Waals surface area contributed by atoms with Crippen molar-refractivity contribution in [2.75, 3.05) is 6.54 Å². The second-order valence-corrected chi connectivity index (χ2v) is 5.23. The van der Waals surface area contributed by atoms with E-state index < -0.39 is 6.36 Å². The second-order valence-electron chi connectivity index (χ2n) is 5.23. The third-order valence-corrected chi connectivity index (χ3v) is 3.61. The maximum atomic E-state index is 12.0. The number of ether oxygens (including phenoxy) is 1. The van der Waals surface area contributed by atoms with Crippen LogP contribution >= 0.6 is 0 Å². The smallest absolute Gasteiger partial charge is 0.406 e. The van der Waals surface area contributed by atoms with Crippen molar-refractivity contribution in [3.05, 3.63) is 29.8 Å². The summed E-state index contributed by atoms with van der Waals surface area (Å²) in [6.45, 7) is 0.865. The first-order valence-corrected chi connectivity index (χ1v) is 7.11. The van der Waals surface area contributed by atoms with Gasteiger partial charge in [0.05, 0.1) is 0 Å². The van der Waals surface area contributed by atoms with Gasteiger partial charge in [-0.3, -0.25) is 0 Å². The number of hydrogen-bond donors (Lipinski definition) is 1. The topological polar surface area (TPSA) is 21.3 Å². The fourth-order valence-electron chi connectivity index (χ4n) is 2.59. The van der Waals surface area contributed by atoms with Gasteiger partial charge in [0, 0.05) is 6.04 Å². The van der Waals surface area contributed by atoms with Crippen molar-refractivity contribution in [3.8, 4) is 5.75 Å². The van der Waals surface area contributed by atoms with E-state index in [-0.39, 0.29) is 5.75 Å². The zero-order valence-corrected chi connectivity index (χ0v) is 11.4. The molecule has 1 aromatic carbocycles. The Balaban J connectivity index is 1.73. The molecule has 1 aliphatic carbocycles. The van der Waals surface area contributed by atoms with E-state index in [9.17, 15) is 13.2 Å². The molecule has 0 saturated heterocycles. The van der Waals surface area contributed by atoms with Crippen LogP contribution in [0.15, 0.2) is 24.3 Å². The van der Waals surface area contributed by atoms with Gasteiger partial charge in [0.15, 0.2) is 0 Å². The normalized spacial score (nSPS) is 17.1. The minimum absolute atomic E-state index is 0.165. The van der Waals surface area contributed by atoms with Crippen molar-refractivity contribution in [1.82, 2.24) is 5.32 Å².